The van der Waals surface area contributed by atoms with Crippen LogP contribution in [0.25, 0.3) is 0 Å². The van der Waals surface area contributed by atoms with Gasteiger partial charge in [0.1, 0.15) is 6.04 Å². The molecular formula is C11H13BrN2O3S. The van der Waals surface area contributed by atoms with Gasteiger partial charge in [-0.25, -0.2) is 9.59 Å². The predicted molar refractivity (Wildman–Crippen MR) is 71.6 cm³/mol. The van der Waals surface area contributed by atoms with Gasteiger partial charge in [0.15, 0.2) is 0 Å². The minimum atomic E-state index is -0.931. The molecular weight excluding hydrogens is 320 g/mol. The molecule has 0 aliphatic carbocycles. The van der Waals surface area contributed by atoms with Gasteiger partial charge in [0.05, 0.1) is 6.54 Å². The lowest BCUT2D eigenvalue weighted by atomic mass is 10.2. The molecule has 1 atom stereocenters. The first-order chi connectivity index (χ1) is 8.59. The van der Waals surface area contributed by atoms with E-state index in [-0.39, 0.29) is 6.03 Å². The number of likely N-dealkylation sites (tertiary alicyclic amines) is 1. The number of nitrogens with one attached hydrogen (secondary N) is 1. The van der Waals surface area contributed by atoms with Crippen LogP contribution in [-0.4, -0.2) is 34.6 Å². The van der Waals surface area contributed by atoms with Crippen molar-refractivity contribution in [3.8, 4) is 0 Å². The fourth-order valence-corrected chi connectivity index (χ4v) is 3.41. The highest BCUT2D eigenvalue weighted by Crippen LogP contribution is 2.23. The van der Waals surface area contributed by atoms with E-state index in [1.54, 1.807) is 11.3 Å². The van der Waals surface area contributed by atoms with E-state index in [1.165, 1.54) is 4.90 Å². The fourth-order valence-electron chi connectivity index (χ4n) is 1.98. The summed E-state index contributed by atoms with van der Waals surface area (Å²) in [6.45, 7) is 0.925. The average Bonchev–Trinajstić information content (AvgIpc) is 2.94. The first-order valence-electron chi connectivity index (χ1n) is 5.58. The van der Waals surface area contributed by atoms with Crippen LogP contribution < -0.4 is 5.32 Å². The van der Waals surface area contributed by atoms with E-state index in [0.29, 0.717) is 19.5 Å². The van der Waals surface area contributed by atoms with Crippen LogP contribution in [0.3, 0.4) is 0 Å². The Morgan fingerprint density at radius 2 is 2.39 bits per heavy atom. The van der Waals surface area contributed by atoms with Crippen molar-refractivity contribution < 1.29 is 14.7 Å². The monoisotopic (exact) mass is 332 g/mol. The number of carboxylic acids is 1. The molecule has 2 N–H and O–H groups in total. The maximum absolute atomic E-state index is 11.9. The summed E-state index contributed by atoms with van der Waals surface area (Å²) in [6.07, 6.45) is 1.28. The molecule has 7 heteroatoms. The lowest BCUT2D eigenvalue weighted by molar-refractivity contribution is -0.141. The summed E-state index contributed by atoms with van der Waals surface area (Å²) in [4.78, 5) is 25.3. The van der Waals surface area contributed by atoms with Crippen LogP contribution in [-0.2, 0) is 11.3 Å². The maximum Gasteiger partial charge on any atom is 0.326 e. The minimum Gasteiger partial charge on any atom is -0.480 e. The molecule has 2 amide bonds. The second-order valence-corrected chi connectivity index (χ2v) is 5.90. The second-order valence-electron chi connectivity index (χ2n) is 4.04. The van der Waals surface area contributed by atoms with E-state index in [1.807, 2.05) is 11.4 Å². The van der Waals surface area contributed by atoms with Crippen molar-refractivity contribution in [2.75, 3.05) is 6.54 Å². The Labute approximate surface area is 117 Å². The van der Waals surface area contributed by atoms with Crippen molar-refractivity contribution in [2.24, 2.45) is 0 Å². The van der Waals surface area contributed by atoms with Crippen LogP contribution in [0.5, 0.6) is 0 Å². The molecule has 1 aliphatic heterocycles. The highest BCUT2D eigenvalue weighted by Gasteiger charge is 2.33. The highest BCUT2D eigenvalue weighted by atomic mass is 79.9. The maximum atomic E-state index is 11.9. The van der Waals surface area contributed by atoms with Crippen molar-refractivity contribution in [3.63, 3.8) is 0 Å². The van der Waals surface area contributed by atoms with Gasteiger partial charge in [-0.1, -0.05) is 0 Å². The molecule has 5 nitrogen and oxygen atoms in total. The zero-order valence-corrected chi connectivity index (χ0v) is 12.0. The van der Waals surface area contributed by atoms with Crippen LogP contribution in [0.2, 0.25) is 0 Å². The Bertz CT molecular complexity index is 463. The summed E-state index contributed by atoms with van der Waals surface area (Å²) >= 11 is 4.93. The number of urea groups is 1. The zero-order valence-electron chi connectivity index (χ0n) is 9.56. The van der Waals surface area contributed by atoms with Crippen molar-refractivity contribution in [2.45, 2.75) is 25.4 Å². The smallest absolute Gasteiger partial charge is 0.326 e. The van der Waals surface area contributed by atoms with E-state index in [9.17, 15) is 9.59 Å². The number of halogens is 1. The molecule has 0 unspecified atom stereocenters. The molecule has 0 bridgehead atoms. The van der Waals surface area contributed by atoms with Gasteiger partial charge in [0.25, 0.3) is 0 Å². The third-order valence-corrected chi connectivity index (χ3v) is 4.82. The molecule has 1 aromatic rings. The molecule has 0 radical (unpaired) electrons. The minimum absolute atomic E-state index is 0.305. The number of amides is 2. The third-order valence-electron chi connectivity index (χ3n) is 2.89. The van der Waals surface area contributed by atoms with Gasteiger partial charge in [-0.05, 0) is 40.2 Å². The number of carbonyl (C=O) groups excluding carboxylic acids is 1. The average molecular weight is 333 g/mol. The largest absolute Gasteiger partial charge is 0.480 e. The normalized spacial score (nSPS) is 18.9. The Morgan fingerprint density at radius 1 is 1.61 bits per heavy atom. The van der Waals surface area contributed by atoms with Gasteiger partial charge in [0, 0.05) is 15.9 Å². The van der Waals surface area contributed by atoms with E-state index in [2.05, 4.69) is 21.2 Å². The molecule has 0 saturated carbocycles. The number of thiophene rings is 1. The molecule has 1 saturated heterocycles. The van der Waals surface area contributed by atoms with Crippen LogP contribution in [0.4, 0.5) is 4.79 Å². The first kappa shape index (κ1) is 13.4. The molecule has 0 aromatic carbocycles. The lowest BCUT2D eigenvalue weighted by Crippen LogP contribution is -2.45. The SMILES string of the molecule is O=C(O)[C@H]1CCCN1C(=O)NCc1sccc1Br. The number of rotatable bonds is 3. The van der Waals surface area contributed by atoms with E-state index in [0.717, 1.165) is 15.8 Å². The first-order valence-corrected chi connectivity index (χ1v) is 7.26. The predicted octanol–water partition coefficient (Wildman–Crippen LogP) is 2.27. The van der Waals surface area contributed by atoms with Crippen LogP contribution in [0.1, 0.15) is 17.7 Å². The van der Waals surface area contributed by atoms with Crippen LogP contribution in [0, 0.1) is 0 Å². The number of aliphatic carboxylic acids is 1. The third kappa shape index (κ3) is 2.84. The lowest BCUT2D eigenvalue weighted by Gasteiger charge is -2.21. The molecule has 0 spiro atoms. The topological polar surface area (TPSA) is 69.6 Å². The molecule has 1 aromatic heterocycles. The summed E-state index contributed by atoms with van der Waals surface area (Å²) in [6, 6.07) is 0.930. The molecule has 1 fully saturated rings. The molecule has 2 heterocycles. The van der Waals surface area contributed by atoms with Crippen molar-refractivity contribution in [1.29, 1.82) is 0 Å². The highest BCUT2D eigenvalue weighted by molar-refractivity contribution is 9.10. The number of hydrogen-bond donors (Lipinski definition) is 2. The molecule has 18 heavy (non-hydrogen) atoms. The number of carbonyl (C=O) groups is 2. The van der Waals surface area contributed by atoms with Gasteiger partial charge in [-0.3, -0.25) is 0 Å². The Kier molecular flexibility index (Phi) is 4.23. The van der Waals surface area contributed by atoms with Crippen LogP contribution in [0.15, 0.2) is 15.9 Å². The van der Waals surface area contributed by atoms with E-state index < -0.39 is 12.0 Å². The Hall–Kier alpha value is -1.08. The van der Waals surface area contributed by atoms with Crippen molar-refractivity contribution >= 4 is 39.3 Å². The van der Waals surface area contributed by atoms with Gasteiger partial charge in [0.2, 0.25) is 0 Å². The summed E-state index contributed by atoms with van der Waals surface area (Å²) in [5.41, 5.74) is 0. The summed E-state index contributed by atoms with van der Waals surface area (Å²) < 4.78 is 0.962. The summed E-state index contributed by atoms with van der Waals surface area (Å²) in [5, 5.41) is 13.7. The second kappa shape index (κ2) is 5.71. The number of carboxylic acid groups (broad SMARTS) is 1. The Balaban J connectivity index is 1.92. The molecule has 1 aliphatic rings. The molecule has 2 rings (SSSR count). The summed E-state index contributed by atoms with van der Waals surface area (Å²) in [5.74, 6) is -0.931. The quantitative estimate of drug-likeness (QED) is 0.892. The van der Waals surface area contributed by atoms with E-state index >= 15 is 0 Å². The number of nitrogens with zero attached hydrogens (tertiary/aromatic N) is 1. The Morgan fingerprint density at radius 3 is 3.00 bits per heavy atom. The van der Waals surface area contributed by atoms with Gasteiger partial charge in [-0.2, -0.15) is 0 Å². The summed E-state index contributed by atoms with van der Waals surface area (Å²) in [7, 11) is 0. The van der Waals surface area contributed by atoms with Gasteiger partial charge < -0.3 is 15.3 Å². The van der Waals surface area contributed by atoms with E-state index in [4.69, 9.17) is 5.11 Å². The fraction of sp³-hybridized carbons (Fsp3) is 0.455. The van der Waals surface area contributed by atoms with Crippen LogP contribution >= 0.6 is 27.3 Å². The zero-order chi connectivity index (χ0) is 13.1. The van der Waals surface area contributed by atoms with Gasteiger partial charge in [-0.15, -0.1) is 11.3 Å². The van der Waals surface area contributed by atoms with Crippen molar-refractivity contribution in [3.05, 3.63) is 20.8 Å². The standard InChI is InChI=1S/C11H13BrN2O3S/c12-7-3-5-18-9(7)6-13-11(17)14-4-1-2-8(14)10(15)16/h3,5,8H,1-2,4,6H2,(H,13,17)(H,15,16)/t8-/m1/s1. The molecule has 98 valence electrons. The van der Waals surface area contributed by atoms with Gasteiger partial charge >= 0.3 is 12.0 Å². The van der Waals surface area contributed by atoms with Crippen molar-refractivity contribution in [1.82, 2.24) is 10.2 Å². The number of hydrogen-bond acceptors (Lipinski definition) is 3.